The zero-order valence-corrected chi connectivity index (χ0v) is 10.2. The molecule has 82 valence electrons. The van der Waals surface area contributed by atoms with Gasteiger partial charge in [-0.2, -0.15) is 5.26 Å². The average molecular weight is 266 g/mol. The normalized spacial score (nSPS) is 11.3. The molecule has 2 nitrogen and oxygen atoms in total. The number of nitriles is 1. The largest absolute Gasteiger partial charge is 0.324 e. The van der Waals surface area contributed by atoms with E-state index in [1.54, 1.807) is 12.1 Å². The molecule has 0 saturated heterocycles. The van der Waals surface area contributed by atoms with Crippen LogP contribution in [0.25, 0.3) is 0 Å². The van der Waals surface area contributed by atoms with Gasteiger partial charge in [-0.25, -0.2) is 0 Å². The van der Waals surface area contributed by atoms with E-state index in [-0.39, 0.29) is 18.4 Å². The van der Waals surface area contributed by atoms with Gasteiger partial charge in [0.2, 0.25) is 0 Å². The van der Waals surface area contributed by atoms with Gasteiger partial charge in [-0.1, -0.05) is 29.3 Å². The molecule has 0 saturated carbocycles. The first-order valence-corrected chi connectivity index (χ1v) is 4.98. The number of nitrogens with two attached hydrogens (primary N) is 1. The second-order valence-corrected chi connectivity index (χ2v) is 3.79. The van der Waals surface area contributed by atoms with E-state index in [1.807, 2.05) is 6.07 Å². The van der Waals surface area contributed by atoms with Crippen LogP contribution >= 0.6 is 35.6 Å². The van der Waals surface area contributed by atoms with Crippen molar-refractivity contribution in [3.8, 4) is 6.07 Å². The Hall–Kier alpha value is -0.460. The maximum atomic E-state index is 8.41. The Labute approximate surface area is 105 Å². The van der Waals surface area contributed by atoms with Gasteiger partial charge in [-0.3, -0.25) is 0 Å². The van der Waals surface area contributed by atoms with Crippen molar-refractivity contribution in [3.05, 3.63) is 33.8 Å². The van der Waals surface area contributed by atoms with E-state index in [4.69, 9.17) is 34.2 Å². The molecule has 15 heavy (non-hydrogen) atoms. The molecule has 0 radical (unpaired) electrons. The summed E-state index contributed by atoms with van der Waals surface area (Å²) in [5.74, 6) is 0. The van der Waals surface area contributed by atoms with E-state index >= 15 is 0 Å². The van der Waals surface area contributed by atoms with E-state index in [0.29, 0.717) is 22.9 Å². The maximum absolute atomic E-state index is 8.41. The molecule has 2 N–H and O–H groups in total. The van der Waals surface area contributed by atoms with Crippen LogP contribution < -0.4 is 5.73 Å². The molecule has 0 amide bonds. The Kier molecular flexibility index (Phi) is 6.71. The third-order valence-electron chi connectivity index (χ3n) is 1.94. The topological polar surface area (TPSA) is 49.8 Å². The minimum absolute atomic E-state index is 0. The van der Waals surface area contributed by atoms with Gasteiger partial charge in [0.25, 0.3) is 0 Å². The lowest BCUT2D eigenvalue weighted by atomic mass is 10.0. The van der Waals surface area contributed by atoms with Gasteiger partial charge < -0.3 is 5.73 Å². The SMILES string of the molecule is Cl.N#CCC[C@@H](N)c1ccc(Cl)c(Cl)c1. The van der Waals surface area contributed by atoms with Crippen molar-refractivity contribution in [2.45, 2.75) is 18.9 Å². The highest BCUT2D eigenvalue weighted by atomic mass is 35.5. The van der Waals surface area contributed by atoms with Crippen molar-refractivity contribution >= 4 is 35.6 Å². The third-order valence-corrected chi connectivity index (χ3v) is 2.68. The monoisotopic (exact) mass is 264 g/mol. The fourth-order valence-corrected chi connectivity index (χ4v) is 1.44. The molecule has 0 aromatic heterocycles. The maximum Gasteiger partial charge on any atom is 0.0622 e. The minimum Gasteiger partial charge on any atom is -0.324 e. The van der Waals surface area contributed by atoms with Gasteiger partial charge in [-0.05, 0) is 24.1 Å². The van der Waals surface area contributed by atoms with Crippen molar-refractivity contribution in [2.75, 3.05) is 0 Å². The van der Waals surface area contributed by atoms with Crippen LogP contribution in [0.2, 0.25) is 10.0 Å². The smallest absolute Gasteiger partial charge is 0.0622 e. The van der Waals surface area contributed by atoms with Gasteiger partial charge in [0.15, 0.2) is 0 Å². The summed E-state index contributed by atoms with van der Waals surface area (Å²) in [6.45, 7) is 0. The molecule has 0 heterocycles. The van der Waals surface area contributed by atoms with Gasteiger partial charge in [0.05, 0.1) is 16.1 Å². The summed E-state index contributed by atoms with van der Waals surface area (Å²) in [7, 11) is 0. The molecule has 0 aliphatic heterocycles. The van der Waals surface area contributed by atoms with Crippen molar-refractivity contribution in [1.82, 2.24) is 0 Å². The number of halogens is 3. The quantitative estimate of drug-likeness (QED) is 0.905. The van der Waals surface area contributed by atoms with Gasteiger partial charge >= 0.3 is 0 Å². The standard InChI is InChI=1S/C10H10Cl2N2.ClH/c11-8-4-3-7(6-9(8)12)10(14)2-1-5-13;/h3-4,6,10H,1-2,14H2;1H/t10-;/m1./s1. The van der Waals surface area contributed by atoms with E-state index in [0.717, 1.165) is 5.56 Å². The molecule has 0 bridgehead atoms. The molecule has 1 aromatic carbocycles. The Morgan fingerprint density at radius 3 is 2.53 bits per heavy atom. The summed E-state index contributed by atoms with van der Waals surface area (Å²) in [5, 5.41) is 9.42. The molecule has 0 spiro atoms. The zero-order valence-electron chi connectivity index (χ0n) is 7.91. The first kappa shape index (κ1) is 14.5. The van der Waals surface area contributed by atoms with Crippen LogP contribution in [0.15, 0.2) is 18.2 Å². The Morgan fingerprint density at radius 2 is 2.00 bits per heavy atom. The molecule has 1 aromatic rings. The van der Waals surface area contributed by atoms with E-state index in [2.05, 4.69) is 6.07 Å². The minimum atomic E-state index is -0.149. The van der Waals surface area contributed by atoms with Crippen LogP contribution in [-0.2, 0) is 0 Å². The zero-order chi connectivity index (χ0) is 10.6. The molecule has 1 atom stereocenters. The third kappa shape index (κ3) is 4.27. The van der Waals surface area contributed by atoms with E-state index in [1.165, 1.54) is 0 Å². The van der Waals surface area contributed by atoms with Crippen molar-refractivity contribution in [2.24, 2.45) is 5.73 Å². The van der Waals surface area contributed by atoms with Gasteiger partial charge in [-0.15, -0.1) is 12.4 Å². The number of benzene rings is 1. The predicted octanol–water partition coefficient (Wildman–Crippen LogP) is 3.72. The molecular weight excluding hydrogens is 254 g/mol. The number of nitrogens with zero attached hydrogens (tertiary/aromatic N) is 1. The molecule has 0 fully saturated rings. The van der Waals surface area contributed by atoms with Crippen molar-refractivity contribution < 1.29 is 0 Å². The average Bonchev–Trinajstić information content (AvgIpc) is 2.18. The van der Waals surface area contributed by atoms with Crippen molar-refractivity contribution in [3.63, 3.8) is 0 Å². The summed E-state index contributed by atoms with van der Waals surface area (Å²) in [6, 6.07) is 7.19. The lowest BCUT2D eigenvalue weighted by Crippen LogP contribution is -2.09. The Balaban J connectivity index is 0.00000196. The summed E-state index contributed by atoms with van der Waals surface area (Å²) in [4.78, 5) is 0. The van der Waals surface area contributed by atoms with Crippen LogP contribution in [0.4, 0.5) is 0 Å². The first-order valence-electron chi connectivity index (χ1n) is 4.22. The van der Waals surface area contributed by atoms with Crippen LogP contribution in [0.5, 0.6) is 0 Å². The van der Waals surface area contributed by atoms with Gasteiger partial charge in [0, 0.05) is 12.5 Å². The number of hydrogen-bond donors (Lipinski definition) is 1. The van der Waals surface area contributed by atoms with Crippen LogP contribution in [0, 0.1) is 11.3 Å². The lowest BCUT2D eigenvalue weighted by molar-refractivity contribution is 0.665. The molecule has 0 unspecified atom stereocenters. The molecular formula is C10H11Cl3N2. The fraction of sp³-hybridized carbons (Fsp3) is 0.300. The van der Waals surface area contributed by atoms with E-state index < -0.39 is 0 Å². The second kappa shape index (κ2) is 6.92. The summed E-state index contributed by atoms with van der Waals surface area (Å²) in [5.41, 5.74) is 6.76. The highest BCUT2D eigenvalue weighted by Crippen LogP contribution is 2.26. The van der Waals surface area contributed by atoms with E-state index in [9.17, 15) is 0 Å². The molecule has 1 rings (SSSR count). The van der Waals surface area contributed by atoms with Crippen molar-refractivity contribution in [1.29, 1.82) is 5.26 Å². The van der Waals surface area contributed by atoms with Crippen LogP contribution in [0.3, 0.4) is 0 Å². The molecule has 0 aliphatic rings. The Morgan fingerprint density at radius 1 is 1.33 bits per heavy atom. The number of rotatable bonds is 3. The predicted molar refractivity (Wildman–Crippen MR) is 65.5 cm³/mol. The molecule has 5 heteroatoms. The fourth-order valence-electron chi connectivity index (χ4n) is 1.13. The first-order chi connectivity index (χ1) is 6.65. The highest BCUT2D eigenvalue weighted by molar-refractivity contribution is 6.42. The Bertz CT molecular complexity index is 360. The summed E-state index contributed by atoms with van der Waals surface area (Å²) < 4.78 is 0. The summed E-state index contributed by atoms with van der Waals surface area (Å²) >= 11 is 11.6. The van der Waals surface area contributed by atoms with Gasteiger partial charge in [0.1, 0.15) is 0 Å². The highest BCUT2D eigenvalue weighted by Gasteiger charge is 2.07. The number of hydrogen-bond acceptors (Lipinski definition) is 2. The van der Waals surface area contributed by atoms with Crippen LogP contribution in [-0.4, -0.2) is 0 Å². The molecule has 0 aliphatic carbocycles. The lowest BCUT2D eigenvalue weighted by Gasteiger charge is -2.10. The summed E-state index contributed by atoms with van der Waals surface area (Å²) in [6.07, 6.45) is 1.08. The second-order valence-electron chi connectivity index (χ2n) is 2.98. The van der Waals surface area contributed by atoms with Crippen LogP contribution in [0.1, 0.15) is 24.4 Å².